The Morgan fingerprint density at radius 3 is 2.45 bits per heavy atom. The number of ether oxygens (including phenoxy) is 1. The highest BCUT2D eigenvalue weighted by atomic mass is 16.5. The molecule has 0 unspecified atom stereocenters. The Hall–Kier alpha value is -1.23. The van der Waals surface area contributed by atoms with Crippen molar-refractivity contribution in [1.29, 1.82) is 0 Å². The zero-order chi connectivity index (χ0) is 14.2. The van der Waals surface area contributed by atoms with Gasteiger partial charge in [-0.3, -0.25) is 0 Å². The summed E-state index contributed by atoms with van der Waals surface area (Å²) in [5.41, 5.74) is 5.55. The lowest BCUT2D eigenvalue weighted by Crippen LogP contribution is -2.37. The second-order valence-electron chi connectivity index (χ2n) is 6.26. The highest BCUT2D eigenvalue weighted by molar-refractivity contribution is 5.22. The average molecular weight is 276 g/mol. The maximum atomic E-state index is 6.11. The molecule has 1 aromatic rings. The van der Waals surface area contributed by atoms with Crippen molar-refractivity contribution in [2.24, 2.45) is 5.92 Å². The van der Waals surface area contributed by atoms with Gasteiger partial charge in [0.25, 0.3) is 0 Å². The predicted octanol–water partition coefficient (Wildman–Crippen LogP) is 2.77. The SMILES string of the molecule is CCOC1(c2nc(N)nc(C3CC3)n2)CCC(C)CC1. The van der Waals surface area contributed by atoms with Crippen LogP contribution in [0.25, 0.3) is 0 Å². The summed E-state index contributed by atoms with van der Waals surface area (Å²) in [5, 5.41) is 0. The van der Waals surface area contributed by atoms with Crippen LogP contribution in [0.4, 0.5) is 5.95 Å². The first-order chi connectivity index (χ1) is 9.63. The molecular formula is C15H24N4O. The van der Waals surface area contributed by atoms with Gasteiger partial charge in [0, 0.05) is 12.5 Å². The Kier molecular flexibility index (Phi) is 3.63. The Morgan fingerprint density at radius 1 is 1.15 bits per heavy atom. The molecule has 2 N–H and O–H groups in total. The van der Waals surface area contributed by atoms with Crippen LogP contribution < -0.4 is 5.73 Å². The Bertz CT molecular complexity index is 479. The van der Waals surface area contributed by atoms with Crippen LogP contribution >= 0.6 is 0 Å². The number of nitrogens with two attached hydrogens (primary N) is 1. The lowest BCUT2D eigenvalue weighted by molar-refractivity contribution is -0.0838. The van der Waals surface area contributed by atoms with Gasteiger partial charge in [0.2, 0.25) is 5.95 Å². The number of aromatic nitrogens is 3. The van der Waals surface area contributed by atoms with Gasteiger partial charge in [0.15, 0.2) is 5.82 Å². The summed E-state index contributed by atoms with van der Waals surface area (Å²) in [6, 6.07) is 0. The third-order valence-electron chi connectivity index (χ3n) is 4.52. The lowest BCUT2D eigenvalue weighted by Gasteiger charge is -2.37. The van der Waals surface area contributed by atoms with Gasteiger partial charge in [-0.25, -0.2) is 4.98 Å². The van der Waals surface area contributed by atoms with Crippen LogP contribution in [0.15, 0.2) is 0 Å². The molecule has 0 amide bonds. The van der Waals surface area contributed by atoms with Gasteiger partial charge in [-0.1, -0.05) is 6.92 Å². The summed E-state index contributed by atoms with van der Waals surface area (Å²) in [4.78, 5) is 13.4. The Morgan fingerprint density at radius 2 is 1.85 bits per heavy atom. The highest BCUT2D eigenvalue weighted by Crippen LogP contribution is 2.43. The first-order valence-corrected chi connectivity index (χ1v) is 7.79. The van der Waals surface area contributed by atoms with Crippen molar-refractivity contribution in [1.82, 2.24) is 15.0 Å². The van der Waals surface area contributed by atoms with E-state index < -0.39 is 0 Å². The van der Waals surface area contributed by atoms with E-state index in [0.29, 0.717) is 18.5 Å². The number of anilines is 1. The third kappa shape index (κ3) is 2.64. The molecule has 2 fully saturated rings. The summed E-state index contributed by atoms with van der Waals surface area (Å²) in [7, 11) is 0. The van der Waals surface area contributed by atoms with Gasteiger partial charge in [0.1, 0.15) is 11.4 Å². The van der Waals surface area contributed by atoms with E-state index in [1.807, 2.05) is 6.92 Å². The number of nitrogen functional groups attached to an aromatic ring is 1. The number of rotatable bonds is 4. The molecular weight excluding hydrogens is 252 g/mol. The van der Waals surface area contributed by atoms with Crippen molar-refractivity contribution in [3.05, 3.63) is 11.6 Å². The molecule has 2 aliphatic carbocycles. The second kappa shape index (κ2) is 5.28. The molecule has 3 rings (SSSR count). The van der Waals surface area contributed by atoms with E-state index >= 15 is 0 Å². The van der Waals surface area contributed by atoms with E-state index in [0.717, 1.165) is 43.3 Å². The van der Waals surface area contributed by atoms with Gasteiger partial charge in [0.05, 0.1) is 0 Å². The molecule has 110 valence electrons. The lowest BCUT2D eigenvalue weighted by atomic mass is 9.79. The van der Waals surface area contributed by atoms with Crippen LogP contribution in [0.1, 0.15) is 69.9 Å². The fraction of sp³-hybridized carbons (Fsp3) is 0.800. The van der Waals surface area contributed by atoms with Gasteiger partial charge in [-0.05, 0) is 51.4 Å². The third-order valence-corrected chi connectivity index (χ3v) is 4.52. The minimum Gasteiger partial charge on any atom is -0.368 e. The predicted molar refractivity (Wildman–Crippen MR) is 77.2 cm³/mol. The van der Waals surface area contributed by atoms with E-state index in [2.05, 4.69) is 16.9 Å². The molecule has 1 aromatic heterocycles. The summed E-state index contributed by atoms with van der Waals surface area (Å²) in [5.74, 6) is 3.21. The van der Waals surface area contributed by atoms with Crippen LogP contribution in [0, 0.1) is 5.92 Å². The van der Waals surface area contributed by atoms with Crippen molar-refractivity contribution < 1.29 is 4.74 Å². The normalized spacial score (nSPS) is 30.4. The molecule has 2 aliphatic rings. The molecule has 2 saturated carbocycles. The van der Waals surface area contributed by atoms with Crippen molar-refractivity contribution in [3.8, 4) is 0 Å². The first-order valence-electron chi connectivity index (χ1n) is 7.79. The van der Waals surface area contributed by atoms with E-state index in [9.17, 15) is 0 Å². The quantitative estimate of drug-likeness (QED) is 0.915. The monoisotopic (exact) mass is 276 g/mol. The van der Waals surface area contributed by atoms with E-state index in [1.165, 1.54) is 12.8 Å². The first kappa shape index (κ1) is 13.7. The molecule has 0 aliphatic heterocycles. The van der Waals surface area contributed by atoms with Gasteiger partial charge in [-0.15, -0.1) is 0 Å². The van der Waals surface area contributed by atoms with E-state index in [-0.39, 0.29) is 5.60 Å². The van der Waals surface area contributed by atoms with Crippen LogP contribution in [-0.4, -0.2) is 21.6 Å². The maximum absolute atomic E-state index is 6.11. The molecule has 5 nitrogen and oxygen atoms in total. The minimum absolute atomic E-state index is 0.342. The summed E-state index contributed by atoms with van der Waals surface area (Å²) in [6.45, 7) is 5.01. The minimum atomic E-state index is -0.345. The van der Waals surface area contributed by atoms with Crippen molar-refractivity contribution >= 4 is 5.95 Å². The molecule has 0 aromatic carbocycles. The number of nitrogens with zero attached hydrogens (tertiary/aromatic N) is 3. The number of hydrogen-bond acceptors (Lipinski definition) is 5. The van der Waals surface area contributed by atoms with Crippen LogP contribution in [0.3, 0.4) is 0 Å². The fourth-order valence-corrected chi connectivity index (χ4v) is 3.07. The van der Waals surface area contributed by atoms with Gasteiger partial charge >= 0.3 is 0 Å². The van der Waals surface area contributed by atoms with Crippen molar-refractivity contribution in [2.45, 2.75) is 63.9 Å². The summed E-state index contributed by atoms with van der Waals surface area (Å²) < 4.78 is 6.11. The Balaban J connectivity index is 1.94. The van der Waals surface area contributed by atoms with Gasteiger partial charge in [-0.2, -0.15) is 9.97 Å². The molecule has 0 atom stereocenters. The standard InChI is InChI=1S/C15H24N4O/c1-3-20-15(8-6-10(2)7-9-15)13-17-12(11-4-5-11)18-14(16)19-13/h10-11H,3-9H2,1-2H3,(H2,16,17,18,19). The molecule has 0 saturated heterocycles. The average Bonchev–Trinajstić information content (AvgIpc) is 3.26. The second-order valence-corrected chi connectivity index (χ2v) is 6.26. The molecule has 0 radical (unpaired) electrons. The molecule has 0 spiro atoms. The van der Waals surface area contributed by atoms with Crippen LogP contribution in [0.2, 0.25) is 0 Å². The maximum Gasteiger partial charge on any atom is 0.223 e. The zero-order valence-electron chi connectivity index (χ0n) is 12.4. The Labute approximate surface area is 120 Å². The zero-order valence-corrected chi connectivity index (χ0v) is 12.4. The number of hydrogen-bond donors (Lipinski definition) is 1. The smallest absolute Gasteiger partial charge is 0.223 e. The van der Waals surface area contributed by atoms with Crippen molar-refractivity contribution in [2.75, 3.05) is 12.3 Å². The fourth-order valence-electron chi connectivity index (χ4n) is 3.07. The van der Waals surface area contributed by atoms with Crippen molar-refractivity contribution in [3.63, 3.8) is 0 Å². The topological polar surface area (TPSA) is 73.9 Å². The molecule has 5 heteroatoms. The molecule has 20 heavy (non-hydrogen) atoms. The molecule has 0 bridgehead atoms. The van der Waals surface area contributed by atoms with Crippen LogP contribution in [0.5, 0.6) is 0 Å². The summed E-state index contributed by atoms with van der Waals surface area (Å²) >= 11 is 0. The summed E-state index contributed by atoms with van der Waals surface area (Å²) in [6.07, 6.45) is 6.61. The van der Waals surface area contributed by atoms with Gasteiger partial charge < -0.3 is 10.5 Å². The highest BCUT2D eigenvalue weighted by Gasteiger charge is 2.40. The largest absolute Gasteiger partial charge is 0.368 e. The molecule has 1 heterocycles. The van der Waals surface area contributed by atoms with E-state index in [4.69, 9.17) is 15.5 Å². The van der Waals surface area contributed by atoms with Crippen LogP contribution in [-0.2, 0) is 10.3 Å². The van der Waals surface area contributed by atoms with E-state index in [1.54, 1.807) is 0 Å².